The van der Waals surface area contributed by atoms with Crippen LogP contribution >= 0.6 is 0 Å². The highest BCUT2D eigenvalue weighted by atomic mass is 32.2. The van der Waals surface area contributed by atoms with E-state index in [0.29, 0.717) is 11.4 Å². The van der Waals surface area contributed by atoms with Crippen molar-refractivity contribution >= 4 is 10.0 Å². The van der Waals surface area contributed by atoms with Crippen LogP contribution in [0.5, 0.6) is 0 Å². The lowest BCUT2D eigenvalue weighted by atomic mass is 10.1. The Hall–Kier alpha value is -0.910. The Bertz CT molecular complexity index is 539. The van der Waals surface area contributed by atoms with Crippen LogP contribution in [0.2, 0.25) is 0 Å². The lowest BCUT2D eigenvalue weighted by Crippen LogP contribution is -2.33. The highest BCUT2D eigenvalue weighted by Gasteiger charge is 2.24. The van der Waals surface area contributed by atoms with Gasteiger partial charge in [0, 0.05) is 19.6 Å². The fourth-order valence-electron chi connectivity index (χ4n) is 1.87. The third kappa shape index (κ3) is 4.04. The molecule has 0 saturated heterocycles. The van der Waals surface area contributed by atoms with Crippen LogP contribution in [0, 0.1) is 6.92 Å². The molecule has 4 nitrogen and oxygen atoms in total. The monoisotopic (exact) mass is 298 g/mol. The molecule has 0 aromatic heterocycles. The average Bonchev–Trinajstić information content (AvgIpc) is 2.39. The van der Waals surface area contributed by atoms with Crippen molar-refractivity contribution in [3.63, 3.8) is 0 Å². The van der Waals surface area contributed by atoms with Crippen LogP contribution in [0.1, 0.15) is 38.3 Å². The summed E-state index contributed by atoms with van der Waals surface area (Å²) in [6.07, 6.45) is 1.06. The Balaban J connectivity index is 3.08. The Labute approximate surface area is 123 Å². The Morgan fingerprint density at radius 1 is 1.30 bits per heavy atom. The van der Waals surface area contributed by atoms with Crippen LogP contribution in [0.25, 0.3) is 0 Å². The van der Waals surface area contributed by atoms with Gasteiger partial charge in [0.15, 0.2) is 0 Å². The van der Waals surface area contributed by atoms with E-state index in [0.717, 1.165) is 24.1 Å². The van der Waals surface area contributed by atoms with E-state index in [1.165, 1.54) is 4.31 Å². The normalized spacial score (nSPS) is 12.3. The minimum absolute atomic E-state index is 0.0544. The van der Waals surface area contributed by atoms with E-state index < -0.39 is 10.0 Å². The van der Waals surface area contributed by atoms with Crippen molar-refractivity contribution in [3.8, 4) is 0 Å². The molecule has 0 aliphatic heterocycles. The highest BCUT2D eigenvalue weighted by Crippen LogP contribution is 2.22. The number of nitrogens with one attached hydrogen (secondary N) is 1. The van der Waals surface area contributed by atoms with Gasteiger partial charge in [-0.25, -0.2) is 8.42 Å². The summed E-state index contributed by atoms with van der Waals surface area (Å²) in [5.74, 6) is 0. The molecule has 0 spiro atoms. The van der Waals surface area contributed by atoms with Gasteiger partial charge in [-0.2, -0.15) is 4.31 Å². The van der Waals surface area contributed by atoms with E-state index >= 15 is 0 Å². The van der Waals surface area contributed by atoms with Crippen LogP contribution in [-0.2, 0) is 16.6 Å². The Morgan fingerprint density at radius 2 is 1.95 bits per heavy atom. The Kier molecular flexibility index (Phi) is 6.17. The van der Waals surface area contributed by atoms with Crippen molar-refractivity contribution in [1.29, 1.82) is 0 Å². The molecule has 0 atom stereocenters. The van der Waals surface area contributed by atoms with E-state index in [4.69, 9.17) is 0 Å². The van der Waals surface area contributed by atoms with Crippen LogP contribution in [0.15, 0.2) is 23.1 Å². The lowest BCUT2D eigenvalue weighted by Gasteiger charge is -2.22. The van der Waals surface area contributed by atoms with Gasteiger partial charge >= 0.3 is 0 Å². The zero-order chi connectivity index (χ0) is 15.3. The summed E-state index contributed by atoms with van der Waals surface area (Å²) in [5, 5.41) is 3.29. The highest BCUT2D eigenvalue weighted by molar-refractivity contribution is 7.89. The number of nitrogens with zero attached hydrogens (tertiary/aromatic N) is 1. The number of sulfonamides is 1. The second kappa shape index (κ2) is 7.20. The summed E-state index contributed by atoms with van der Waals surface area (Å²) in [6, 6.07) is 5.59. The van der Waals surface area contributed by atoms with Gasteiger partial charge in [-0.05, 0) is 50.9 Å². The number of hydrogen-bond acceptors (Lipinski definition) is 3. The molecule has 0 heterocycles. The first-order valence-corrected chi connectivity index (χ1v) is 8.53. The SMILES string of the molecule is CCCNCc1ccc(C)c(S(=O)(=O)N(C)C(C)C)c1. The number of hydrogen-bond donors (Lipinski definition) is 1. The quantitative estimate of drug-likeness (QED) is 0.787. The fraction of sp³-hybridized carbons (Fsp3) is 0.600. The second-order valence-corrected chi connectivity index (χ2v) is 7.36. The van der Waals surface area contributed by atoms with Gasteiger partial charge in [-0.1, -0.05) is 19.1 Å². The number of benzene rings is 1. The fourth-order valence-corrected chi connectivity index (χ4v) is 3.52. The molecule has 0 amide bonds. The van der Waals surface area contributed by atoms with Gasteiger partial charge in [0.1, 0.15) is 0 Å². The van der Waals surface area contributed by atoms with Crippen LogP contribution < -0.4 is 5.32 Å². The van der Waals surface area contributed by atoms with Crippen LogP contribution in [-0.4, -0.2) is 32.4 Å². The maximum Gasteiger partial charge on any atom is 0.243 e. The van der Waals surface area contributed by atoms with Crippen LogP contribution in [0.3, 0.4) is 0 Å². The lowest BCUT2D eigenvalue weighted by molar-refractivity contribution is 0.410. The molecule has 5 heteroatoms. The molecule has 20 heavy (non-hydrogen) atoms. The summed E-state index contributed by atoms with van der Waals surface area (Å²) in [5.41, 5.74) is 1.79. The number of rotatable bonds is 7. The van der Waals surface area contributed by atoms with E-state index in [9.17, 15) is 8.42 Å². The van der Waals surface area contributed by atoms with Crippen LogP contribution in [0.4, 0.5) is 0 Å². The summed E-state index contributed by atoms with van der Waals surface area (Å²) in [6.45, 7) is 9.32. The maximum absolute atomic E-state index is 12.6. The zero-order valence-electron chi connectivity index (χ0n) is 13.1. The van der Waals surface area contributed by atoms with Crippen molar-refractivity contribution in [3.05, 3.63) is 29.3 Å². The molecular formula is C15H26N2O2S. The minimum atomic E-state index is -3.42. The van der Waals surface area contributed by atoms with Gasteiger partial charge in [0.25, 0.3) is 0 Å². The summed E-state index contributed by atoms with van der Waals surface area (Å²) >= 11 is 0. The molecule has 0 unspecified atom stereocenters. The van der Waals surface area contributed by atoms with Crippen molar-refractivity contribution in [1.82, 2.24) is 9.62 Å². The van der Waals surface area contributed by atoms with E-state index in [-0.39, 0.29) is 6.04 Å². The van der Waals surface area contributed by atoms with Gasteiger partial charge in [0.05, 0.1) is 4.90 Å². The third-order valence-corrected chi connectivity index (χ3v) is 5.57. The maximum atomic E-state index is 12.6. The Morgan fingerprint density at radius 3 is 2.50 bits per heavy atom. The minimum Gasteiger partial charge on any atom is -0.313 e. The van der Waals surface area contributed by atoms with E-state index in [1.54, 1.807) is 13.1 Å². The molecule has 0 bridgehead atoms. The molecular weight excluding hydrogens is 272 g/mol. The zero-order valence-corrected chi connectivity index (χ0v) is 13.9. The molecule has 0 saturated carbocycles. The van der Waals surface area contributed by atoms with Gasteiger partial charge in [-0.3, -0.25) is 0 Å². The van der Waals surface area contributed by atoms with Gasteiger partial charge < -0.3 is 5.32 Å². The second-order valence-electron chi connectivity index (χ2n) is 5.39. The first-order chi connectivity index (χ1) is 9.30. The first kappa shape index (κ1) is 17.1. The molecule has 0 fully saturated rings. The van der Waals surface area contributed by atoms with Crippen molar-refractivity contribution in [2.24, 2.45) is 0 Å². The topological polar surface area (TPSA) is 49.4 Å². The number of aryl methyl sites for hydroxylation is 1. The van der Waals surface area contributed by atoms with Gasteiger partial charge in [-0.15, -0.1) is 0 Å². The molecule has 1 rings (SSSR count). The largest absolute Gasteiger partial charge is 0.313 e. The standard InChI is InChI=1S/C15H26N2O2S/c1-6-9-16-11-14-8-7-13(4)15(10-14)20(18,19)17(5)12(2)3/h7-8,10,12,16H,6,9,11H2,1-5H3. The summed E-state index contributed by atoms with van der Waals surface area (Å²) < 4.78 is 26.6. The smallest absolute Gasteiger partial charge is 0.243 e. The molecule has 0 aliphatic carbocycles. The predicted molar refractivity (Wildman–Crippen MR) is 83.3 cm³/mol. The molecule has 0 radical (unpaired) electrons. The van der Waals surface area contributed by atoms with Crippen molar-refractivity contribution < 1.29 is 8.42 Å². The molecule has 1 aromatic carbocycles. The van der Waals surface area contributed by atoms with E-state index in [1.807, 2.05) is 32.9 Å². The van der Waals surface area contributed by atoms with Crippen molar-refractivity contribution in [2.45, 2.75) is 51.6 Å². The van der Waals surface area contributed by atoms with E-state index in [2.05, 4.69) is 12.2 Å². The predicted octanol–water partition coefficient (Wildman–Crippen LogP) is 2.52. The molecule has 114 valence electrons. The van der Waals surface area contributed by atoms with Crippen molar-refractivity contribution in [2.75, 3.05) is 13.6 Å². The average molecular weight is 298 g/mol. The third-order valence-electron chi connectivity index (χ3n) is 3.39. The molecule has 1 N–H and O–H groups in total. The molecule has 0 aliphatic rings. The van der Waals surface area contributed by atoms with Gasteiger partial charge in [0.2, 0.25) is 10.0 Å². The molecule has 1 aromatic rings. The summed E-state index contributed by atoms with van der Waals surface area (Å²) in [4.78, 5) is 0.407. The summed E-state index contributed by atoms with van der Waals surface area (Å²) in [7, 11) is -1.79. The first-order valence-electron chi connectivity index (χ1n) is 7.09.